The van der Waals surface area contributed by atoms with Crippen LogP contribution in [0.4, 0.5) is 5.82 Å². The maximum atomic E-state index is 11.4. The third kappa shape index (κ3) is 1.43. The van der Waals surface area contributed by atoms with Crippen LogP contribution in [0, 0.1) is 0 Å². The molecule has 0 saturated heterocycles. The lowest BCUT2D eigenvalue weighted by atomic mass is 9.91. The molecule has 3 heterocycles. The highest BCUT2D eigenvalue weighted by Gasteiger charge is 2.26. The summed E-state index contributed by atoms with van der Waals surface area (Å²) in [4.78, 5) is 19.6. The van der Waals surface area contributed by atoms with Gasteiger partial charge in [-0.3, -0.25) is 9.78 Å². The number of fused-ring (bicyclic) bond motifs is 3. The van der Waals surface area contributed by atoms with E-state index in [1.807, 2.05) is 19.1 Å². The molecule has 2 N–H and O–H groups in total. The summed E-state index contributed by atoms with van der Waals surface area (Å²) in [7, 11) is 0. The summed E-state index contributed by atoms with van der Waals surface area (Å²) < 4.78 is 0. The van der Waals surface area contributed by atoms with Gasteiger partial charge in [-0.15, -0.1) is 0 Å². The van der Waals surface area contributed by atoms with Gasteiger partial charge in [0.1, 0.15) is 11.3 Å². The maximum Gasteiger partial charge on any atom is 0.240 e. The second-order valence-electron chi connectivity index (χ2n) is 4.25. The lowest BCUT2D eigenvalue weighted by Gasteiger charge is -2.23. The minimum Gasteiger partial charge on any atom is -0.492 e. The van der Waals surface area contributed by atoms with Crippen molar-refractivity contribution in [3.8, 4) is 5.88 Å². The SMILES string of the molecule is CC1CC(=O)Nc2nc(O)c3ncccc3c21. The van der Waals surface area contributed by atoms with Gasteiger partial charge in [0.15, 0.2) is 0 Å². The number of aromatic hydroxyl groups is 1. The Morgan fingerprint density at radius 2 is 2.35 bits per heavy atom. The molecule has 1 aliphatic heterocycles. The molecular weight excluding hydrogens is 218 g/mol. The van der Waals surface area contributed by atoms with Gasteiger partial charge in [0.25, 0.3) is 0 Å². The fourth-order valence-electron chi connectivity index (χ4n) is 2.30. The molecular formula is C12H11N3O2. The van der Waals surface area contributed by atoms with E-state index in [9.17, 15) is 9.90 Å². The highest BCUT2D eigenvalue weighted by Crippen LogP contribution is 2.38. The molecule has 0 aliphatic carbocycles. The van der Waals surface area contributed by atoms with Crippen molar-refractivity contribution in [3.05, 3.63) is 23.9 Å². The lowest BCUT2D eigenvalue weighted by Crippen LogP contribution is -2.22. The molecule has 0 saturated carbocycles. The quantitative estimate of drug-likeness (QED) is 0.722. The molecule has 1 amide bonds. The van der Waals surface area contributed by atoms with Gasteiger partial charge in [0.05, 0.1) is 0 Å². The second-order valence-corrected chi connectivity index (χ2v) is 4.25. The van der Waals surface area contributed by atoms with Crippen LogP contribution in [-0.2, 0) is 4.79 Å². The smallest absolute Gasteiger partial charge is 0.240 e. The molecule has 0 radical (unpaired) electrons. The normalized spacial score (nSPS) is 18.9. The van der Waals surface area contributed by atoms with Crippen LogP contribution in [0.25, 0.3) is 10.9 Å². The zero-order valence-corrected chi connectivity index (χ0v) is 9.27. The summed E-state index contributed by atoms with van der Waals surface area (Å²) in [6.07, 6.45) is 2.05. The van der Waals surface area contributed by atoms with E-state index in [2.05, 4.69) is 15.3 Å². The Kier molecular flexibility index (Phi) is 2.01. The maximum absolute atomic E-state index is 11.4. The van der Waals surface area contributed by atoms with Crippen molar-refractivity contribution in [2.75, 3.05) is 5.32 Å². The first-order valence-corrected chi connectivity index (χ1v) is 5.44. The number of nitrogens with zero attached hydrogens (tertiary/aromatic N) is 2. The Morgan fingerprint density at radius 1 is 1.53 bits per heavy atom. The molecule has 2 aromatic heterocycles. The van der Waals surface area contributed by atoms with Crippen molar-refractivity contribution in [1.29, 1.82) is 0 Å². The van der Waals surface area contributed by atoms with Gasteiger partial charge in [0, 0.05) is 23.6 Å². The Morgan fingerprint density at radius 3 is 3.18 bits per heavy atom. The van der Waals surface area contributed by atoms with Gasteiger partial charge < -0.3 is 10.4 Å². The van der Waals surface area contributed by atoms with Crippen LogP contribution in [0.5, 0.6) is 5.88 Å². The number of aromatic nitrogens is 2. The van der Waals surface area contributed by atoms with E-state index in [0.717, 1.165) is 10.9 Å². The molecule has 5 nitrogen and oxygen atoms in total. The molecule has 3 rings (SSSR count). The number of carbonyl (C=O) groups is 1. The zero-order valence-electron chi connectivity index (χ0n) is 9.27. The van der Waals surface area contributed by atoms with Gasteiger partial charge in [0.2, 0.25) is 11.8 Å². The largest absolute Gasteiger partial charge is 0.492 e. The van der Waals surface area contributed by atoms with Gasteiger partial charge in [-0.2, -0.15) is 4.98 Å². The molecule has 2 aromatic rings. The van der Waals surface area contributed by atoms with Gasteiger partial charge in [-0.25, -0.2) is 0 Å². The van der Waals surface area contributed by atoms with Gasteiger partial charge >= 0.3 is 0 Å². The van der Waals surface area contributed by atoms with Crippen LogP contribution in [0.2, 0.25) is 0 Å². The predicted molar refractivity (Wildman–Crippen MR) is 62.9 cm³/mol. The van der Waals surface area contributed by atoms with Crippen molar-refractivity contribution in [2.45, 2.75) is 19.3 Å². The number of nitrogens with one attached hydrogen (secondary N) is 1. The monoisotopic (exact) mass is 229 g/mol. The average Bonchev–Trinajstić information content (AvgIpc) is 2.28. The van der Waals surface area contributed by atoms with Crippen LogP contribution >= 0.6 is 0 Å². The number of hydrogen-bond acceptors (Lipinski definition) is 4. The molecule has 0 fully saturated rings. The number of pyridine rings is 2. The van der Waals surface area contributed by atoms with Crippen LogP contribution in [0.15, 0.2) is 18.3 Å². The Labute approximate surface area is 97.5 Å². The van der Waals surface area contributed by atoms with Gasteiger partial charge in [-0.05, 0) is 12.0 Å². The topological polar surface area (TPSA) is 75.1 Å². The van der Waals surface area contributed by atoms with Crippen molar-refractivity contribution >= 4 is 22.6 Å². The number of rotatable bonds is 0. The molecule has 0 aromatic carbocycles. The first kappa shape index (κ1) is 10.0. The Bertz CT molecular complexity index is 624. The molecule has 86 valence electrons. The molecule has 0 bridgehead atoms. The summed E-state index contributed by atoms with van der Waals surface area (Å²) in [5, 5.41) is 13.3. The van der Waals surface area contributed by atoms with Crippen LogP contribution in [0.3, 0.4) is 0 Å². The summed E-state index contributed by atoms with van der Waals surface area (Å²) in [6.45, 7) is 1.97. The Balaban J connectivity index is 2.38. The van der Waals surface area contributed by atoms with E-state index in [0.29, 0.717) is 17.8 Å². The van der Waals surface area contributed by atoms with E-state index in [1.54, 1.807) is 6.20 Å². The third-order valence-corrected chi connectivity index (χ3v) is 3.02. The number of hydrogen-bond donors (Lipinski definition) is 2. The molecule has 0 spiro atoms. The summed E-state index contributed by atoms with van der Waals surface area (Å²) in [6, 6.07) is 3.70. The minimum absolute atomic E-state index is 0.0693. The van der Waals surface area contributed by atoms with E-state index in [1.165, 1.54) is 0 Å². The highest BCUT2D eigenvalue weighted by atomic mass is 16.3. The highest BCUT2D eigenvalue weighted by molar-refractivity contribution is 5.99. The molecule has 1 atom stereocenters. The summed E-state index contributed by atoms with van der Waals surface area (Å²) >= 11 is 0. The fraction of sp³-hybridized carbons (Fsp3) is 0.250. The minimum atomic E-state index is -0.145. The first-order chi connectivity index (χ1) is 8.16. The van der Waals surface area contributed by atoms with Crippen LogP contribution < -0.4 is 5.32 Å². The predicted octanol–water partition coefficient (Wildman–Crippen LogP) is 1.78. The van der Waals surface area contributed by atoms with Crippen molar-refractivity contribution in [3.63, 3.8) is 0 Å². The summed E-state index contributed by atoms with van der Waals surface area (Å²) in [5.74, 6) is 0.319. The van der Waals surface area contributed by atoms with E-state index in [4.69, 9.17) is 0 Å². The van der Waals surface area contributed by atoms with Crippen molar-refractivity contribution < 1.29 is 9.90 Å². The number of carbonyl (C=O) groups excluding carboxylic acids is 1. The number of anilines is 1. The van der Waals surface area contributed by atoms with Crippen molar-refractivity contribution in [2.24, 2.45) is 0 Å². The van der Waals surface area contributed by atoms with Crippen LogP contribution in [0.1, 0.15) is 24.8 Å². The molecule has 1 unspecified atom stereocenters. The lowest BCUT2D eigenvalue weighted by molar-refractivity contribution is -0.116. The zero-order chi connectivity index (χ0) is 12.0. The van der Waals surface area contributed by atoms with E-state index >= 15 is 0 Å². The molecule has 1 aliphatic rings. The molecule has 17 heavy (non-hydrogen) atoms. The van der Waals surface area contributed by atoms with Gasteiger partial charge in [-0.1, -0.05) is 13.0 Å². The second kappa shape index (κ2) is 3.41. The fourth-order valence-corrected chi connectivity index (χ4v) is 2.30. The Hall–Kier alpha value is -2.17. The summed E-state index contributed by atoms with van der Waals surface area (Å²) in [5.41, 5.74) is 1.43. The molecule has 5 heteroatoms. The van der Waals surface area contributed by atoms with E-state index in [-0.39, 0.29) is 17.7 Å². The van der Waals surface area contributed by atoms with Crippen LogP contribution in [-0.4, -0.2) is 21.0 Å². The van der Waals surface area contributed by atoms with E-state index < -0.39 is 0 Å². The third-order valence-electron chi connectivity index (χ3n) is 3.02. The first-order valence-electron chi connectivity index (χ1n) is 5.44. The number of amides is 1. The van der Waals surface area contributed by atoms with Crippen molar-refractivity contribution in [1.82, 2.24) is 9.97 Å². The standard InChI is InChI=1S/C12H11N3O2/c1-6-5-8(16)14-11-9(6)7-3-2-4-13-10(7)12(17)15-11/h2-4,6H,5H2,1H3,(H2,14,15,16,17). The average molecular weight is 229 g/mol.